The van der Waals surface area contributed by atoms with Crippen LogP contribution in [-0.2, 0) is 11.2 Å². The van der Waals surface area contributed by atoms with Crippen molar-refractivity contribution in [3.8, 4) is 0 Å². The lowest BCUT2D eigenvalue weighted by atomic mass is 10.00. The van der Waals surface area contributed by atoms with Gasteiger partial charge in [-0.25, -0.2) is 0 Å². The lowest BCUT2D eigenvalue weighted by Crippen LogP contribution is -2.30. The second-order valence-corrected chi connectivity index (χ2v) is 5.11. The molecule has 19 heavy (non-hydrogen) atoms. The van der Waals surface area contributed by atoms with Crippen molar-refractivity contribution < 1.29 is 14.7 Å². The number of hydrogen-bond acceptors (Lipinski definition) is 3. The third kappa shape index (κ3) is 2.33. The van der Waals surface area contributed by atoms with Gasteiger partial charge in [-0.2, -0.15) is 0 Å². The molecular weight excluding hydrogens is 244 g/mol. The largest absolute Gasteiger partial charge is 0.391 e. The number of carbonyl (C=O) groups excluding carboxylic acids is 2. The molecule has 100 valence electrons. The van der Waals surface area contributed by atoms with Gasteiger partial charge in [-0.1, -0.05) is 0 Å². The van der Waals surface area contributed by atoms with Gasteiger partial charge in [-0.05, 0) is 36.6 Å². The summed E-state index contributed by atoms with van der Waals surface area (Å²) in [4.78, 5) is 25.2. The predicted molar refractivity (Wildman–Crippen MR) is 69.9 cm³/mol. The van der Waals surface area contributed by atoms with Gasteiger partial charge in [0, 0.05) is 30.8 Å². The highest BCUT2D eigenvalue weighted by atomic mass is 16.3. The average molecular weight is 260 g/mol. The van der Waals surface area contributed by atoms with E-state index in [1.54, 1.807) is 17.0 Å². The van der Waals surface area contributed by atoms with E-state index < -0.39 is 6.10 Å². The first-order chi connectivity index (χ1) is 9.13. The van der Waals surface area contributed by atoms with Crippen LogP contribution in [0.3, 0.4) is 0 Å². The number of anilines is 1. The number of carbonyl (C=O) groups is 2. The Bertz CT molecular complexity index is 541. The highest BCUT2D eigenvalue weighted by molar-refractivity contribution is 5.98. The zero-order chi connectivity index (χ0) is 13.4. The van der Waals surface area contributed by atoms with Crippen LogP contribution in [0.15, 0.2) is 18.2 Å². The molecule has 0 radical (unpaired) electrons. The van der Waals surface area contributed by atoms with Crippen molar-refractivity contribution in [1.29, 1.82) is 0 Å². The van der Waals surface area contributed by atoms with E-state index in [1.165, 1.54) is 0 Å². The molecular formula is C14H16N2O3. The Morgan fingerprint density at radius 1 is 1.37 bits per heavy atom. The van der Waals surface area contributed by atoms with Gasteiger partial charge in [0.1, 0.15) is 0 Å². The molecule has 3 rings (SSSR count). The zero-order valence-corrected chi connectivity index (χ0v) is 10.6. The zero-order valence-electron chi connectivity index (χ0n) is 10.6. The number of aliphatic hydroxyl groups excluding tert-OH is 1. The molecule has 1 atom stereocenters. The molecule has 1 aromatic carbocycles. The van der Waals surface area contributed by atoms with Crippen LogP contribution in [0, 0.1) is 0 Å². The molecule has 0 spiro atoms. The number of aryl methyl sites for hydroxylation is 1. The van der Waals surface area contributed by atoms with Crippen molar-refractivity contribution in [3.63, 3.8) is 0 Å². The summed E-state index contributed by atoms with van der Waals surface area (Å²) in [5.74, 6) is -0.0227. The molecule has 5 nitrogen and oxygen atoms in total. The van der Waals surface area contributed by atoms with E-state index in [2.05, 4.69) is 5.32 Å². The number of β-amino-alcohol motifs (C(OH)–C–C–N with tert-alkyl or cyclic N) is 1. The van der Waals surface area contributed by atoms with Gasteiger partial charge in [-0.15, -0.1) is 0 Å². The van der Waals surface area contributed by atoms with Crippen LogP contribution < -0.4 is 5.32 Å². The first kappa shape index (κ1) is 12.2. The first-order valence-corrected chi connectivity index (χ1v) is 6.53. The van der Waals surface area contributed by atoms with Crippen molar-refractivity contribution in [2.75, 3.05) is 18.4 Å². The molecule has 0 aliphatic carbocycles. The van der Waals surface area contributed by atoms with Gasteiger partial charge >= 0.3 is 0 Å². The van der Waals surface area contributed by atoms with Crippen LogP contribution in [0.2, 0.25) is 0 Å². The number of nitrogens with one attached hydrogen (secondary N) is 1. The Kier molecular flexibility index (Phi) is 2.98. The minimum atomic E-state index is -0.402. The van der Waals surface area contributed by atoms with E-state index in [4.69, 9.17) is 0 Å². The summed E-state index contributed by atoms with van der Waals surface area (Å²) in [5, 5.41) is 12.3. The molecule has 2 aliphatic rings. The molecule has 1 saturated heterocycles. The summed E-state index contributed by atoms with van der Waals surface area (Å²) in [7, 11) is 0. The summed E-state index contributed by atoms with van der Waals surface area (Å²) >= 11 is 0. The van der Waals surface area contributed by atoms with Gasteiger partial charge in [0.25, 0.3) is 5.91 Å². The van der Waals surface area contributed by atoms with E-state index in [1.807, 2.05) is 6.07 Å². The fourth-order valence-corrected chi connectivity index (χ4v) is 2.63. The lowest BCUT2D eigenvalue weighted by Gasteiger charge is -2.19. The SMILES string of the molecule is O=C1CCc2cc(C(=O)N3CC[C@H](O)C3)ccc2N1. The van der Waals surface area contributed by atoms with Gasteiger partial charge in [0.15, 0.2) is 0 Å². The highest BCUT2D eigenvalue weighted by Crippen LogP contribution is 2.24. The molecule has 2 heterocycles. The Morgan fingerprint density at radius 3 is 2.95 bits per heavy atom. The fraction of sp³-hybridized carbons (Fsp3) is 0.429. The molecule has 0 unspecified atom stereocenters. The molecule has 2 N–H and O–H groups in total. The highest BCUT2D eigenvalue weighted by Gasteiger charge is 2.26. The lowest BCUT2D eigenvalue weighted by molar-refractivity contribution is -0.116. The quantitative estimate of drug-likeness (QED) is 0.784. The molecule has 2 amide bonds. The summed E-state index contributed by atoms with van der Waals surface area (Å²) in [6, 6.07) is 5.37. The summed E-state index contributed by atoms with van der Waals surface area (Å²) < 4.78 is 0. The molecule has 0 aromatic heterocycles. The number of nitrogens with zero attached hydrogens (tertiary/aromatic N) is 1. The van der Waals surface area contributed by atoms with Crippen LogP contribution in [0.25, 0.3) is 0 Å². The molecule has 1 aromatic rings. The van der Waals surface area contributed by atoms with Gasteiger partial charge in [0.2, 0.25) is 5.91 Å². The van der Waals surface area contributed by atoms with E-state index in [9.17, 15) is 14.7 Å². The van der Waals surface area contributed by atoms with Crippen LogP contribution >= 0.6 is 0 Å². The summed E-state index contributed by atoms with van der Waals surface area (Å²) in [6.07, 6.45) is 1.38. The summed E-state index contributed by atoms with van der Waals surface area (Å²) in [5.41, 5.74) is 2.43. The van der Waals surface area contributed by atoms with Crippen molar-refractivity contribution in [2.24, 2.45) is 0 Å². The Labute approximate surface area is 111 Å². The third-order valence-electron chi connectivity index (χ3n) is 3.70. The number of fused-ring (bicyclic) bond motifs is 1. The second kappa shape index (κ2) is 4.66. The third-order valence-corrected chi connectivity index (χ3v) is 3.70. The summed E-state index contributed by atoms with van der Waals surface area (Å²) in [6.45, 7) is 1.01. The maximum absolute atomic E-state index is 12.3. The fourth-order valence-electron chi connectivity index (χ4n) is 2.63. The standard InChI is InChI=1S/C14H16N2O3/c17-11-5-6-16(8-11)14(19)10-1-3-12-9(7-10)2-4-13(18)15-12/h1,3,7,11,17H,2,4-6,8H2,(H,15,18)/t11-/m0/s1. The Morgan fingerprint density at radius 2 is 2.21 bits per heavy atom. The average Bonchev–Trinajstić information content (AvgIpc) is 2.84. The van der Waals surface area contributed by atoms with Crippen molar-refractivity contribution in [1.82, 2.24) is 4.90 Å². The number of benzene rings is 1. The van der Waals surface area contributed by atoms with E-state index in [-0.39, 0.29) is 11.8 Å². The van der Waals surface area contributed by atoms with Crippen molar-refractivity contribution in [3.05, 3.63) is 29.3 Å². The Hall–Kier alpha value is -1.88. The van der Waals surface area contributed by atoms with E-state index in [0.717, 1.165) is 11.3 Å². The topological polar surface area (TPSA) is 69.6 Å². The molecule has 1 fully saturated rings. The van der Waals surface area contributed by atoms with Crippen LogP contribution in [0.4, 0.5) is 5.69 Å². The second-order valence-electron chi connectivity index (χ2n) is 5.11. The maximum Gasteiger partial charge on any atom is 0.253 e. The molecule has 5 heteroatoms. The van der Waals surface area contributed by atoms with E-state index in [0.29, 0.717) is 37.9 Å². The van der Waals surface area contributed by atoms with Gasteiger partial charge < -0.3 is 15.3 Å². The van der Waals surface area contributed by atoms with Crippen molar-refractivity contribution in [2.45, 2.75) is 25.4 Å². The number of hydrogen-bond donors (Lipinski definition) is 2. The number of likely N-dealkylation sites (tertiary alicyclic amines) is 1. The molecule has 2 aliphatic heterocycles. The van der Waals surface area contributed by atoms with Crippen LogP contribution in [-0.4, -0.2) is 41.0 Å². The minimum absolute atomic E-state index is 0.0224. The van der Waals surface area contributed by atoms with Gasteiger partial charge in [-0.3, -0.25) is 9.59 Å². The maximum atomic E-state index is 12.3. The Balaban J connectivity index is 1.82. The molecule has 0 saturated carbocycles. The minimum Gasteiger partial charge on any atom is -0.391 e. The number of amides is 2. The number of rotatable bonds is 1. The van der Waals surface area contributed by atoms with Crippen LogP contribution in [0.1, 0.15) is 28.8 Å². The number of aliphatic hydroxyl groups is 1. The normalized spacial score (nSPS) is 22.1. The first-order valence-electron chi connectivity index (χ1n) is 6.53. The van der Waals surface area contributed by atoms with Gasteiger partial charge in [0.05, 0.1) is 6.10 Å². The smallest absolute Gasteiger partial charge is 0.253 e. The van der Waals surface area contributed by atoms with Crippen molar-refractivity contribution >= 4 is 17.5 Å². The molecule has 0 bridgehead atoms. The predicted octanol–water partition coefficient (Wildman–Crippen LogP) is 0.778. The van der Waals surface area contributed by atoms with E-state index >= 15 is 0 Å². The monoisotopic (exact) mass is 260 g/mol. The van der Waals surface area contributed by atoms with Crippen LogP contribution in [0.5, 0.6) is 0 Å².